The number of H-pyrrole nitrogens is 1. The molecule has 0 bridgehead atoms. The fraction of sp³-hybridized carbons (Fsp3) is 0.0526. The van der Waals surface area contributed by atoms with E-state index in [1.54, 1.807) is 18.2 Å². The molecular weight excluding hydrogens is 304 g/mol. The first-order chi connectivity index (χ1) is 11.8. The van der Waals surface area contributed by atoms with Gasteiger partial charge in [0, 0.05) is 11.1 Å². The van der Waals surface area contributed by atoms with E-state index in [2.05, 4.69) is 10.2 Å². The molecule has 0 spiro atoms. The number of ketones is 1. The summed E-state index contributed by atoms with van der Waals surface area (Å²) >= 11 is 0. The molecule has 0 saturated carbocycles. The summed E-state index contributed by atoms with van der Waals surface area (Å²) in [5, 5.41) is 7.20. The first-order valence-corrected chi connectivity index (χ1v) is 7.52. The highest BCUT2D eigenvalue weighted by Crippen LogP contribution is 2.35. The van der Waals surface area contributed by atoms with Crippen molar-refractivity contribution < 1.29 is 14.3 Å². The van der Waals surface area contributed by atoms with Crippen LogP contribution in [0.25, 0.3) is 17.3 Å². The van der Waals surface area contributed by atoms with Crippen LogP contribution in [0.1, 0.15) is 16.1 Å². The molecular formula is C19H14N2O3. The Balaban J connectivity index is 1.53. The third-order valence-electron chi connectivity index (χ3n) is 3.74. The van der Waals surface area contributed by atoms with Crippen LogP contribution < -0.4 is 9.47 Å². The van der Waals surface area contributed by atoms with E-state index in [0.29, 0.717) is 11.3 Å². The maximum Gasteiger partial charge on any atom is 0.231 e. The molecule has 0 saturated heterocycles. The predicted molar refractivity (Wildman–Crippen MR) is 90.0 cm³/mol. The summed E-state index contributed by atoms with van der Waals surface area (Å²) in [5.41, 5.74) is 3.11. The number of aromatic amines is 1. The number of ether oxygens (including phenoxy) is 2. The molecule has 0 amide bonds. The molecule has 0 fully saturated rings. The molecule has 1 aliphatic heterocycles. The molecule has 2 heterocycles. The van der Waals surface area contributed by atoms with Gasteiger partial charge in [-0.05, 0) is 36.4 Å². The van der Waals surface area contributed by atoms with Crippen LogP contribution in [-0.2, 0) is 0 Å². The molecule has 1 N–H and O–H groups in total. The second kappa shape index (κ2) is 6.04. The van der Waals surface area contributed by atoms with Gasteiger partial charge in [-0.3, -0.25) is 9.89 Å². The number of hydrogen-bond acceptors (Lipinski definition) is 4. The van der Waals surface area contributed by atoms with E-state index < -0.39 is 0 Å². The lowest BCUT2D eigenvalue weighted by atomic mass is 10.1. The molecule has 1 aliphatic rings. The number of aromatic nitrogens is 2. The quantitative estimate of drug-likeness (QED) is 0.588. The van der Waals surface area contributed by atoms with Crippen molar-refractivity contribution in [1.29, 1.82) is 0 Å². The highest BCUT2D eigenvalue weighted by atomic mass is 16.7. The van der Waals surface area contributed by atoms with Gasteiger partial charge in [-0.2, -0.15) is 5.10 Å². The first kappa shape index (κ1) is 14.3. The molecule has 0 aliphatic carbocycles. The van der Waals surface area contributed by atoms with Gasteiger partial charge >= 0.3 is 0 Å². The molecule has 5 heteroatoms. The predicted octanol–water partition coefficient (Wildman–Crippen LogP) is 3.70. The fourth-order valence-electron chi connectivity index (χ4n) is 2.49. The second-order valence-corrected chi connectivity index (χ2v) is 5.34. The van der Waals surface area contributed by atoms with Crippen LogP contribution in [0.4, 0.5) is 0 Å². The largest absolute Gasteiger partial charge is 0.454 e. The van der Waals surface area contributed by atoms with Crippen molar-refractivity contribution in [2.75, 3.05) is 6.79 Å². The number of carbonyl (C=O) groups is 1. The van der Waals surface area contributed by atoms with Crippen molar-refractivity contribution in [3.8, 4) is 22.8 Å². The lowest BCUT2D eigenvalue weighted by Gasteiger charge is -1.98. The third-order valence-corrected chi connectivity index (χ3v) is 3.74. The molecule has 118 valence electrons. The molecule has 0 atom stereocenters. The van der Waals surface area contributed by atoms with Gasteiger partial charge < -0.3 is 9.47 Å². The molecule has 2 aromatic carbocycles. The van der Waals surface area contributed by atoms with Crippen molar-refractivity contribution in [1.82, 2.24) is 10.2 Å². The number of nitrogens with zero attached hydrogens (tertiary/aromatic N) is 1. The Morgan fingerprint density at radius 3 is 2.75 bits per heavy atom. The third kappa shape index (κ3) is 2.79. The van der Waals surface area contributed by atoms with Crippen LogP contribution in [0, 0.1) is 0 Å². The maximum absolute atomic E-state index is 12.1. The summed E-state index contributed by atoms with van der Waals surface area (Å²) < 4.78 is 10.7. The number of carbonyl (C=O) groups excluding carboxylic acids is 1. The minimum Gasteiger partial charge on any atom is -0.454 e. The zero-order valence-electron chi connectivity index (χ0n) is 12.7. The van der Waals surface area contributed by atoms with Crippen molar-refractivity contribution in [2.45, 2.75) is 0 Å². The molecule has 5 nitrogen and oxygen atoms in total. The van der Waals surface area contributed by atoms with Gasteiger partial charge in [0.15, 0.2) is 17.3 Å². The SMILES string of the molecule is O=C(C=Cc1cc(-c2ccc3c(c2)OCO3)n[nH]1)c1ccccc1. The number of rotatable bonds is 4. The van der Waals surface area contributed by atoms with Crippen LogP contribution in [0.5, 0.6) is 11.5 Å². The van der Waals surface area contributed by atoms with Crippen molar-refractivity contribution >= 4 is 11.9 Å². The number of allylic oxidation sites excluding steroid dienone is 1. The average molecular weight is 318 g/mol. The van der Waals surface area contributed by atoms with Crippen molar-refractivity contribution in [3.05, 3.63) is 71.9 Å². The Hall–Kier alpha value is -3.34. The summed E-state index contributed by atoms with van der Waals surface area (Å²) in [6.45, 7) is 0.245. The Morgan fingerprint density at radius 2 is 1.88 bits per heavy atom. The molecule has 0 radical (unpaired) electrons. The maximum atomic E-state index is 12.1. The van der Waals surface area contributed by atoms with Gasteiger partial charge in [-0.15, -0.1) is 0 Å². The highest BCUT2D eigenvalue weighted by molar-refractivity contribution is 6.06. The zero-order chi connectivity index (χ0) is 16.4. The van der Waals surface area contributed by atoms with E-state index in [1.165, 1.54) is 6.08 Å². The number of nitrogens with one attached hydrogen (secondary N) is 1. The monoisotopic (exact) mass is 318 g/mol. The van der Waals surface area contributed by atoms with E-state index >= 15 is 0 Å². The molecule has 3 aromatic rings. The number of hydrogen-bond donors (Lipinski definition) is 1. The Bertz CT molecular complexity index is 913. The average Bonchev–Trinajstić information content (AvgIpc) is 3.29. The van der Waals surface area contributed by atoms with E-state index in [0.717, 1.165) is 22.7 Å². The number of fused-ring (bicyclic) bond motifs is 1. The van der Waals surface area contributed by atoms with Gasteiger partial charge in [-0.25, -0.2) is 0 Å². The number of benzene rings is 2. The summed E-state index contributed by atoms with van der Waals surface area (Å²) in [7, 11) is 0. The van der Waals surface area contributed by atoms with Gasteiger partial charge in [-0.1, -0.05) is 30.3 Å². The lowest BCUT2D eigenvalue weighted by Crippen LogP contribution is -1.92. The fourth-order valence-corrected chi connectivity index (χ4v) is 2.49. The standard InChI is InChI=1S/C19H14N2O3/c22-17(13-4-2-1-3-5-13)8-7-15-11-16(21-20-15)14-6-9-18-19(10-14)24-12-23-18/h1-11H,12H2,(H,20,21). The Kier molecular flexibility index (Phi) is 3.59. The van der Waals surface area contributed by atoms with Crippen LogP contribution in [0.2, 0.25) is 0 Å². The second-order valence-electron chi connectivity index (χ2n) is 5.34. The van der Waals surface area contributed by atoms with Crippen LogP contribution >= 0.6 is 0 Å². The van der Waals surface area contributed by atoms with Gasteiger partial charge in [0.05, 0.1) is 11.4 Å². The van der Waals surface area contributed by atoms with E-state index in [4.69, 9.17) is 9.47 Å². The van der Waals surface area contributed by atoms with Crippen LogP contribution in [0.3, 0.4) is 0 Å². The van der Waals surface area contributed by atoms with Gasteiger partial charge in [0.25, 0.3) is 0 Å². The molecule has 1 aromatic heterocycles. The van der Waals surface area contributed by atoms with E-state index in [-0.39, 0.29) is 12.6 Å². The molecule has 4 rings (SSSR count). The first-order valence-electron chi connectivity index (χ1n) is 7.52. The molecule has 24 heavy (non-hydrogen) atoms. The summed E-state index contributed by atoms with van der Waals surface area (Å²) in [6.07, 6.45) is 3.26. The van der Waals surface area contributed by atoms with Crippen molar-refractivity contribution in [3.63, 3.8) is 0 Å². The van der Waals surface area contributed by atoms with E-state index in [9.17, 15) is 4.79 Å². The summed E-state index contributed by atoms with van der Waals surface area (Å²) in [4.78, 5) is 12.1. The minimum absolute atomic E-state index is 0.0465. The smallest absolute Gasteiger partial charge is 0.231 e. The Labute approximate surface area is 138 Å². The van der Waals surface area contributed by atoms with Crippen molar-refractivity contribution in [2.24, 2.45) is 0 Å². The minimum atomic E-state index is -0.0465. The molecule has 0 unspecified atom stereocenters. The van der Waals surface area contributed by atoms with Gasteiger partial charge in [0.1, 0.15) is 0 Å². The van der Waals surface area contributed by atoms with Crippen LogP contribution in [-0.4, -0.2) is 22.8 Å². The Morgan fingerprint density at radius 1 is 1.04 bits per heavy atom. The lowest BCUT2D eigenvalue weighted by molar-refractivity contribution is 0.104. The zero-order valence-corrected chi connectivity index (χ0v) is 12.7. The van der Waals surface area contributed by atoms with E-state index in [1.807, 2.05) is 42.5 Å². The normalized spacial score (nSPS) is 12.7. The van der Waals surface area contributed by atoms with Gasteiger partial charge in [0.2, 0.25) is 6.79 Å². The highest BCUT2D eigenvalue weighted by Gasteiger charge is 2.14. The topological polar surface area (TPSA) is 64.2 Å². The summed E-state index contributed by atoms with van der Waals surface area (Å²) in [5.74, 6) is 1.41. The van der Waals surface area contributed by atoms with Crippen LogP contribution in [0.15, 0.2) is 60.7 Å². The summed E-state index contributed by atoms with van der Waals surface area (Å²) in [6, 6.07) is 16.7.